The lowest BCUT2D eigenvalue weighted by Gasteiger charge is -2.45. The van der Waals surface area contributed by atoms with Crippen LogP contribution in [0.3, 0.4) is 0 Å². The summed E-state index contributed by atoms with van der Waals surface area (Å²) < 4.78 is 0. The Balaban J connectivity index is 1.67. The molecule has 3 rings (SSSR count). The van der Waals surface area contributed by atoms with E-state index in [1.165, 1.54) is 0 Å². The highest BCUT2D eigenvalue weighted by molar-refractivity contribution is 5.49. The molecule has 1 N–H and O–H groups in total. The Kier molecular flexibility index (Phi) is 3.09. The van der Waals surface area contributed by atoms with Gasteiger partial charge in [0.2, 0.25) is 5.95 Å². The first-order chi connectivity index (χ1) is 9.63. The molecule has 0 aliphatic carbocycles. The maximum atomic E-state index is 11.2. The van der Waals surface area contributed by atoms with E-state index in [4.69, 9.17) is 0 Å². The van der Waals surface area contributed by atoms with Gasteiger partial charge in [0.25, 0.3) is 5.56 Å². The summed E-state index contributed by atoms with van der Waals surface area (Å²) in [6, 6.07) is 3.79. The highest BCUT2D eigenvalue weighted by atomic mass is 16.1. The van der Waals surface area contributed by atoms with Gasteiger partial charge in [-0.2, -0.15) is 5.10 Å². The van der Waals surface area contributed by atoms with Crippen LogP contribution in [0.25, 0.3) is 0 Å². The lowest BCUT2D eigenvalue weighted by molar-refractivity contribution is 0.489. The smallest absolute Gasteiger partial charge is 0.266 e. The standard InChI is InChI=1S/C13H16N6O/c1-9-3-4-14-13(16-9)18(2)11-7-19(8-11)10-5-12(20)17-15-6-10/h3-6,11H,7-8H2,1-2H3,(H,17,20). The van der Waals surface area contributed by atoms with Crippen LogP contribution in [0.15, 0.2) is 29.3 Å². The zero-order chi connectivity index (χ0) is 14.1. The van der Waals surface area contributed by atoms with Gasteiger partial charge >= 0.3 is 0 Å². The van der Waals surface area contributed by atoms with Crippen molar-refractivity contribution in [3.8, 4) is 0 Å². The SMILES string of the molecule is Cc1ccnc(N(C)C2CN(c3cn[nH]c(=O)c3)C2)n1. The Morgan fingerprint density at radius 2 is 2.25 bits per heavy atom. The lowest BCUT2D eigenvalue weighted by Crippen LogP contribution is -2.59. The van der Waals surface area contributed by atoms with Gasteiger partial charge in [0.1, 0.15) is 0 Å². The van der Waals surface area contributed by atoms with Crippen molar-refractivity contribution >= 4 is 11.6 Å². The van der Waals surface area contributed by atoms with Crippen molar-refractivity contribution in [3.05, 3.63) is 40.6 Å². The van der Waals surface area contributed by atoms with E-state index >= 15 is 0 Å². The van der Waals surface area contributed by atoms with Crippen molar-refractivity contribution < 1.29 is 0 Å². The van der Waals surface area contributed by atoms with Crippen molar-refractivity contribution in [3.63, 3.8) is 0 Å². The van der Waals surface area contributed by atoms with E-state index in [1.54, 1.807) is 18.5 Å². The largest absolute Gasteiger partial charge is 0.366 e. The minimum Gasteiger partial charge on any atom is -0.366 e. The number of aryl methyl sites for hydroxylation is 1. The summed E-state index contributed by atoms with van der Waals surface area (Å²) in [4.78, 5) is 24.1. The average Bonchev–Trinajstić information content (AvgIpc) is 2.37. The highest BCUT2D eigenvalue weighted by Gasteiger charge is 2.31. The molecule has 1 fully saturated rings. The monoisotopic (exact) mass is 272 g/mol. The van der Waals surface area contributed by atoms with E-state index in [9.17, 15) is 4.79 Å². The van der Waals surface area contributed by atoms with Gasteiger partial charge in [-0.05, 0) is 13.0 Å². The molecule has 0 unspecified atom stereocenters. The Bertz CT molecular complexity index is 664. The number of H-pyrrole nitrogens is 1. The summed E-state index contributed by atoms with van der Waals surface area (Å²) in [6.45, 7) is 3.62. The van der Waals surface area contributed by atoms with Crippen LogP contribution in [0.1, 0.15) is 5.69 Å². The molecule has 1 aliphatic rings. The van der Waals surface area contributed by atoms with Crippen molar-refractivity contribution in [1.29, 1.82) is 0 Å². The summed E-state index contributed by atoms with van der Waals surface area (Å²) in [5.74, 6) is 0.735. The molecule has 0 aromatic carbocycles. The minimum atomic E-state index is -0.179. The summed E-state index contributed by atoms with van der Waals surface area (Å²) in [6.07, 6.45) is 3.44. The highest BCUT2D eigenvalue weighted by Crippen LogP contribution is 2.22. The number of rotatable bonds is 3. The number of aromatic amines is 1. The third-order valence-corrected chi connectivity index (χ3v) is 3.52. The van der Waals surface area contributed by atoms with Crippen LogP contribution in [0.5, 0.6) is 0 Å². The predicted octanol–water partition coefficient (Wildman–Crippen LogP) is 0.193. The van der Waals surface area contributed by atoms with E-state index in [0.29, 0.717) is 6.04 Å². The number of hydrogen-bond donors (Lipinski definition) is 1. The molecule has 0 atom stereocenters. The fourth-order valence-corrected chi connectivity index (χ4v) is 2.22. The maximum absolute atomic E-state index is 11.2. The number of likely N-dealkylation sites (N-methyl/N-ethyl adjacent to an activating group) is 1. The summed E-state index contributed by atoms with van der Waals surface area (Å²) in [5, 5.41) is 6.19. The van der Waals surface area contributed by atoms with Crippen LogP contribution in [0, 0.1) is 6.92 Å². The van der Waals surface area contributed by atoms with Crippen molar-refractivity contribution in [2.45, 2.75) is 13.0 Å². The van der Waals surface area contributed by atoms with E-state index in [1.807, 2.05) is 20.0 Å². The molecule has 0 spiro atoms. The van der Waals surface area contributed by atoms with Crippen LogP contribution in [0.2, 0.25) is 0 Å². The van der Waals surface area contributed by atoms with Gasteiger partial charge in [0.15, 0.2) is 0 Å². The molecule has 0 saturated carbocycles. The van der Waals surface area contributed by atoms with Gasteiger partial charge in [0, 0.05) is 38.1 Å². The van der Waals surface area contributed by atoms with Crippen LogP contribution < -0.4 is 15.4 Å². The second-order valence-corrected chi connectivity index (χ2v) is 4.97. The molecule has 104 valence electrons. The molecular formula is C13H16N6O. The minimum absolute atomic E-state index is 0.179. The summed E-state index contributed by atoms with van der Waals surface area (Å²) >= 11 is 0. The molecule has 0 radical (unpaired) electrons. The summed E-state index contributed by atoms with van der Waals surface area (Å²) in [7, 11) is 1.99. The Morgan fingerprint density at radius 1 is 1.45 bits per heavy atom. The van der Waals surface area contributed by atoms with Crippen molar-refractivity contribution in [2.75, 3.05) is 29.9 Å². The van der Waals surface area contributed by atoms with Crippen LogP contribution >= 0.6 is 0 Å². The van der Waals surface area contributed by atoms with Crippen LogP contribution in [-0.4, -0.2) is 46.3 Å². The van der Waals surface area contributed by atoms with Crippen molar-refractivity contribution in [2.24, 2.45) is 0 Å². The number of nitrogens with zero attached hydrogens (tertiary/aromatic N) is 5. The predicted molar refractivity (Wildman–Crippen MR) is 76.0 cm³/mol. The normalized spacial score (nSPS) is 15.0. The average molecular weight is 272 g/mol. The van der Waals surface area contributed by atoms with Crippen molar-refractivity contribution in [1.82, 2.24) is 20.2 Å². The molecule has 20 heavy (non-hydrogen) atoms. The van der Waals surface area contributed by atoms with Gasteiger partial charge in [-0.1, -0.05) is 0 Å². The third kappa shape index (κ3) is 2.34. The van der Waals surface area contributed by atoms with Gasteiger partial charge < -0.3 is 9.80 Å². The molecule has 1 aliphatic heterocycles. The van der Waals surface area contributed by atoms with Gasteiger partial charge in [-0.15, -0.1) is 0 Å². The second-order valence-electron chi connectivity index (χ2n) is 4.97. The fraction of sp³-hybridized carbons (Fsp3) is 0.385. The van der Waals surface area contributed by atoms with E-state index < -0.39 is 0 Å². The zero-order valence-electron chi connectivity index (χ0n) is 11.4. The maximum Gasteiger partial charge on any atom is 0.266 e. The number of nitrogens with one attached hydrogen (secondary N) is 1. The van der Waals surface area contributed by atoms with Gasteiger partial charge in [0.05, 0.1) is 17.9 Å². The summed E-state index contributed by atoms with van der Waals surface area (Å²) in [5.41, 5.74) is 1.63. The second kappa shape index (κ2) is 4.92. The van der Waals surface area contributed by atoms with Crippen LogP contribution in [-0.2, 0) is 0 Å². The molecule has 2 aromatic heterocycles. The molecule has 7 heteroatoms. The van der Waals surface area contributed by atoms with Gasteiger partial charge in [-0.3, -0.25) is 4.79 Å². The van der Waals surface area contributed by atoms with E-state index in [-0.39, 0.29) is 5.56 Å². The zero-order valence-corrected chi connectivity index (χ0v) is 11.4. The Hall–Kier alpha value is -2.44. The molecular weight excluding hydrogens is 256 g/mol. The third-order valence-electron chi connectivity index (χ3n) is 3.52. The molecule has 0 amide bonds. The molecule has 3 heterocycles. The first-order valence-corrected chi connectivity index (χ1v) is 6.45. The quantitative estimate of drug-likeness (QED) is 0.859. The molecule has 1 saturated heterocycles. The van der Waals surface area contributed by atoms with Gasteiger partial charge in [-0.25, -0.2) is 15.1 Å². The fourth-order valence-electron chi connectivity index (χ4n) is 2.22. The Labute approximate surface area is 116 Å². The number of aromatic nitrogens is 4. The number of anilines is 2. The lowest BCUT2D eigenvalue weighted by atomic mass is 10.1. The Morgan fingerprint density at radius 3 is 2.95 bits per heavy atom. The first kappa shape index (κ1) is 12.6. The van der Waals surface area contributed by atoms with E-state index in [2.05, 4.69) is 30.0 Å². The molecule has 2 aromatic rings. The van der Waals surface area contributed by atoms with Crippen LogP contribution in [0.4, 0.5) is 11.6 Å². The number of hydrogen-bond acceptors (Lipinski definition) is 6. The molecule has 7 nitrogen and oxygen atoms in total. The molecule has 0 bridgehead atoms. The van der Waals surface area contributed by atoms with E-state index in [0.717, 1.165) is 30.4 Å². The first-order valence-electron chi connectivity index (χ1n) is 6.45. The topological polar surface area (TPSA) is 78.0 Å².